The van der Waals surface area contributed by atoms with E-state index in [9.17, 15) is 9.59 Å². The molecule has 3 N–H and O–H groups in total. The lowest BCUT2D eigenvalue weighted by Gasteiger charge is -2.43. The number of nitrogens with two attached hydrogens (primary N) is 1. The molecule has 0 spiro atoms. The second kappa shape index (κ2) is 8.21. The number of anilines is 1. The van der Waals surface area contributed by atoms with Gasteiger partial charge in [-0.1, -0.05) is 6.42 Å². The first kappa shape index (κ1) is 18.9. The molecule has 3 rings (SSSR count). The highest BCUT2D eigenvalue weighted by atomic mass is 16.2. The molecule has 0 saturated heterocycles. The van der Waals surface area contributed by atoms with Crippen LogP contribution in [0.4, 0.5) is 5.69 Å². The standard InChI is InChI=1S/C21H31N3O2/c1-3-24(4-2)21(26)14-8-10-18(11-9-14)23-20(25)17-12-15-6-5-7-16(13-17)19(15)22/h8-11,15-17,19H,3-7,12-13,22H2,1-2H3,(H,23,25). The van der Waals surface area contributed by atoms with Crippen LogP contribution in [0, 0.1) is 17.8 Å². The summed E-state index contributed by atoms with van der Waals surface area (Å²) in [4.78, 5) is 26.8. The van der Waals surface area contributed by atoms with E-state index in [1.165, 1.54) is 6.42 Å². The van der Waals surface area contributed by atoms with E-state index in [2.05, 4.69) is 5.32 Å². The number of hydrogen-bond acceptors (Lipinski definition) is 3. The van der Waals surface area contributed by atoms with Gasteiger partial charge in [-0.15, -0.1) is 0 Å². The van der Waals surface area contributed by atoms with Crippen LogP contribution in [0.1, 0.15) is 56.3 Å². The third-order valence-electron chi connectivity index (χ3n) is 6.23. The molecule has 0 aliphatic heterocycles. The second-order valence-corrected chi connectivity index (χ2v) is 7.74. The molecular weight excluding hydrogens is 326 g/mol. The lowest BCUT2D eigenvalue weighted by Crippen LogP contribution is -2.48. The molecular formula is C21H31N3O2. The Hall–Kier alpha value is -1.88. The molecule has 0 radical (unpaired) electrons. The van der Waals surface area contributed by atoms with Gasteiger partial charge < -0.3 is 16.0 Å². The highest BCUT2D eigenvalue weighted by Gasteiger charge is 2.40. The molecule has 26 heavy (non-hydrogen) atoms. The average molecular weight is 357 g/mol. The second-order valence-electron chi connectivity index (χ2n) is 7.74. The zero-order valence-corrected chi connectivity index (χ0v) is 15.9. The summed E-state index contributed by atoms with van der Waals surface area (Å²) >= 11 is 0. The Morgan fingerprint density at radius 3 is 2.19 bits per heavy atom. The van der Waals surface area contributed by atoms with Gasteiger partial charge in [0.05, 0.1) is 0 Å². The number of rotatable bonds is 5. The number of carbonyl (C=O) groups is 2. The summed E-state index contributed by atoms with van der Waals surface area (Å²) in [6.45, 7) is 5.34. The van der Waals surface area contributed by atoms with Crippen molar-refractivity contribution in [3.8, 4) is 0 Å². The zero-order valence-electron chi connectivity index (χ0n) is 15.9. The Kier molecular flexibility index (Phi) is 5.97. The van der Waals surface area contributed by atoms with E-state index in [0.29, 0.717) is 30.5 Å². The summed E-state index contributed by atoms with van der Waals surface area (Å²) in [6.07, 6.45) is 5.37. The summed E-state index contributed by atoms with van der Waals surface area (Å²) < 4.78 is 0. The molecule has 2 unspecified atom stereocenters. The van der Waals surface area contributed by atoms with Crippen molar-refractivity contribution < 1.29 is 9.59 Å². The highest BCUT2D eigenvalue weighted by Crippen LogP contribution is 2.42. The minimum absolute atomic E-state index is 0.0296. The first-order valence-electron chi connectivity index (χ1n) is 9.99. The zero-order chi connectivity index (χ0) is 18.7. The van der Waals surface area contributed by atoms with E-state index in [1.54, 1.807) is 17.0 Å². The van der Waals surface area contributed by atoms with Gasteiger partial charge in [0, 0.05) is 36.3 Å². The minimum Gasteiger partial charge on any atom is -0.339 e. The fourth-order valence-corrected chi connectivity index (χ4v) is 4.64. The summed E-state index contributed by atoms with van der Waals surface area (Å²) in [7, 11) is 0. The number of nitrogens with one attached hydrogen (secondary N) is 1. The molecule has 1 aromatic rings. The molecule has 2 atom stereocenters. The van der Waals surface area contributed by atoms with E-state index in [0.717, 1.165) is 31.4 Å². The molecule has 2 bridgehead atoms. The lowest BCUT2D eigenvalue weighted by molar-refractivity contribution is -0.122. The topological polar surface area (TPSA) is 75.4 Å². The van der Waals surface area contributed by atoms with Crippen LogP contribution >= 0.6 is 0 Å². The van der Waals surface area contributed by atoms with Crippen LogP contribution in [0.5, 0.6) is 0 Å². The fraction of sp³-hybridized carbons (Fsp3) is 0.619. The predicted molar refractivity (Wildman–Crippen MR) is 104 cm³/mol. The molecule has 0 aromatic heterocycles. The first-order chi connectivity index (χ1) is 12.5. The smallest absolute Gasteiger partial charge is 0.253 e. The summed E-state index contributed by atoms with van der Waals surface area (Å²) in [5, 5.41) is 3.03. The van der Waals surface area contributed by atoms with Crippen molar-refractivity contribution in [3.63, 3.8) is 0 Å². The number of amides is 2. The van der Waals surface area contributed by atoms with Crippen LogP contribution in [0.3, 0.4) is 0 Å². The van der Waals surface area contributed by atoms with Crippen molar-refractivity contribution in [2.45, 2.75) is 52.0 Å². The van der Waals surface area contributed by atoms with Gasteiger partial charge in [-0.25, -0.2) is 0 Å². The predicted octanol–water partition coefficient (Wildman–Crippen LogP) is 3.26. The first-order valence-corrected chi connectivity index (χ1v) is 9.99. The summed E-state index contributed by atoms with van der Waals surface area (Å²) in [5.74, 6) is 1.17. The van der Waals surface area contributed by atoms with Gasteiger partial charge in [-0.3, -0.25) is 9.59 Å². The summed E-state index contributed by atoms with van der Waals surface area (Å²) in [5.41, 5.74) is 7.74. The van der Waals surface area contributed by atoms with E-state index in [4.69, 9.17) is 5.73 Å². The average Bonchev–Trinajstić information content (AvgIpc) is 2.63. The molecule has 0 heterocycles. The van der Waals surface area contributed by atoms with Crippen molar-refractivity contribution in [1.82, 2.24) is 4.90 Å². The molecule has 142 valence electrons. The number of carbonyl (C=O) groups excluding carboxylic acids is 2. The van der Waals surface area contributed by atoms with Gasteiger partial charge in [0.25, 0.3) is 5.91 Å². The van der Waals surface area contributed by atoms with Crippen molar-refractivity contribution >= 4 is 17.5 Å². The molecule has 2 aliphatic carbocycles. The minimum atomic E-state index is 0.0296. The van der Waals surface area contributed by atoms with E-state index < -0.39 is 0 Å². The third kappa shape index (κ3) is 3.93. The van der Waals surface area contributed by atoms with Gasteiger partial charge in [0.1, 0.15) is 0 Å². The molecule has 1 aromatic carbocycles. The van der Waals surface area contributed by atoms with Crippen LogP contribution in [0.2, 0.25) is 0 Å². The van der Waals surface area contributed by atoms with Crippen LogP contribution in [0.25, 0.3) is 0 Å². The Morgan fingerprint density at radius 1 is 1.08 bits per heavy atom. The Morgan fingerprint density at radius 2 is 1.65 bits per heavy atom. The number of hydrogen-bond donors (Lipinski definition) is 2. The third-order valence-corrected chi connectivity index (χ3v) is 6.23. The maximum Gasteiger partial charge on any atom is 0.253 e. The maximum absolute atomic E-state index is 12.7. The Labute approximate surface area is 156 Å². The number of benzene rings is 1. The molecule has 2 saturated carbocycles. The maximum atomic E-state index is 12.7. The van der Waals surface area contributed by atoms with Crippen LogP contribution < -0.4 is 11.1 Å². The van der Waals surface area contributed by atoms with Crippen LogP contribution in [-0.2, 0) is 4.79 Å². The van der Waals surface area contributed by atoms with Crippen molar-refractivity contribution in [1.29, 1.82) is 0 Å². The van der Waals surface area contributed by atoms with Gasteiger partial charge in [0.2, 0.25) is 5.91 Å². The molecule has 2 amide bonds. The van der Waals surface area contributed by atoms with Gasteiger partial charge >= 0.3 is 0 Å². The molecule has 5 nitrogen and oxygen atoms in total. The largest absolute Gasteiger partial charge is 0.339 e. The van der Waals surface area contributed by atoms with E-state index in [1.807, 2.05) is 26.0 Å². The monoisotopic (exact) mass is 357 g/mol. The summed E-state index contributed by atoms with van der Waals surface area (Å²) in [6, 6.07) is 7.51. The van der Waals surface area contributed by atoms with Crippen LogP contribution in [-0.4, -0.2) is 35.8 Å². The Balaban J connectivity index is 1.60. The van der Waals surface area contributed by atoms with Crippen molar-refractivity contribution in [2.75, 3.05) is 18.4 Å². The van der Waals surface area contributed by atoms with Gasteiger partial charge in [-0.2, -0.15) is 0 Å². The number of nitrogens with zero attached hydrogens (tertiary/aromatic N) is 1. The van der Waals surface area contributed by atoms with Gasteiger partial charge in [0.15, 0.2) is 0 Å². The molecule has 2 aliphatic rings. The van der Waals surface area contributed by atoms with Gasteiger partial charge in [-0.05, 0) is 75.6 Å². The number of fused-ring (bicyclic) bond motifs is 2. The van der Waals surface area contributed by atoms with E-state index in [-0.39, 0.29) is 23.8 Å². The lowest BCUT2D eigenvalue weighted by atomic mass is 9.65. The van der Waals surface area contributed by atoms with Crippen LogP contribution in [0.15, 0.2) is 24.3 Å². The SMILES string of the molecule is CCN(CC)C(=O)c1ccc(NC(=O)C2CC3CCCC(C2)C3N)cc1. The quantitative estimate of drug-likeness (QED) is 0.849. The van der Waals surface area contributed by atoms with Crippen molar-refractivity contribution in [2.24, 2.45) is 23.5 Å². The normalized spacial score (nSPS) is 27.7. The Bertz CT molecular complexity index is 625. The highest BCUT2D eigenvalue weighted by molar-refractivity contribution is 5.96. The van der Waals surface area contributed by atoms with E-state index >= 15 is 0 Å². The molecule has 5 heteroatoms. The van der Waals surface area contributed by atoms with Crippen molar-refractivity contribution in [3.05, 3.63) is 29.8 Å². The molecule has 2 fully saturated rings. The fourth-order valence-electron chi connectivity index (χ4n) is 4.64.